The first-order valence-corrected chi connectivity index (χ1v) is 5.21. The molecule has 1 radical (unpaired) electrons. The molecule has 0 nitrogen and oxygen atoms in total. The predicted octanol–water partition coefficient (Wildman–Crippen LogP) is 1.97. The van der Waals surface area contributed by atoms with Gasteiger partial charge in [0.1, 0.15) is 0 Å². The molecule has 1 aliphatic rings. The van der Waals surface area contributed by atoms with Crippen LogP contribution in [-0.4, -0.2) is 0 Å². The minimum Gasteiger partial charge on any atom is -0.115 e. The zero-order valence-electron chi connectivity index (χ0n) is 9.33. The van der Waals surface area contributed by atoms with Crippen molar-refractivity contribution >= 4 is 12.2 Å². The molecule has 0 N–H and O–H groups in total. The summed E-state index contributed by atoms with van der Waals surface area (Å²) in [6, 6.07) is 8.03. The molecular formula is C16H13. The van der Waals surface area contributed by atoms with E-state index >= 15 is 0 Å². The van der Waals surface area contributed by atoms with Crippen LogP contribution in [0.3, 0.4) is 0 Å². The van der Waals surface area contributed by atoms with Gasteiger partial charge in [-0.2, -0.15) is 0 Å². The van der Waals surface area contributed by atoms with Gasteiger partial charge in [0.05, 0.1) is 0 Å². The quantitative estimate of drug-likeness (QED) is 0.568. The Labute approximate surface area is 96.3 Å². The number of benzene rings is 1. The molecule has 1 aliphatic carbocycles. The van der Waals surface area contributed by atoms with Crippen LogP contribution < -0.4 is 10.4 Å². The van der Waals surface area contributed by atoms with Crippen LogP contribution in [0, 0.1) is 18.8 Å². The van der Waals surface area contributed by atoms with E-state index in [4.69, 9.17) is 6.42 Å². The Kier molecular flexibility index (Phi) is 2.79. The van der Waals surface area contributed by atoms with Gasteiger partial charge in [-0.3, -0.25) is 0 Å². The number of hydrogen-bond acceptors (Lipinski definition) is 0. The molecule has 0 amide bonds. The summed E-state index contributed by atoms with van der Waals surface area (Å²) in [6.45, 7) is 6.07. The van der Waals surface area contributed by atoms with Crippen molar-refractivity contribution in [2.24, 2.45) is 0 Å². The molecule has 0 unspecified atom stereocenters. The van der Waals surface area contributed by atoms with Crippen molar-refractivity contribution in [3.8, 4) is 12.3 Å². The normalized spacial score (nSPS) is 18.5. The van der Waals surface area contributed by atoms with Gasteiger partial charge in [0.25, 0.3) is 0 Å². The van der Waals surface area contributed by atoms with Crippen LogP contribution in [0.15, 0.2) is 47.6 Å². The molecule has 0 fully saturated rings. The van der Waals surface area contributed by atoms with Gasteiger partial charge < -0.3 is 0 Å². The molecule has 0 heteroatoms. The van der Waals surface area contributed by atoms with Gasteiger partial charge in [0.15, 0.2) is 0 Å². The summed E-state index contributed by atoms with van der Waals surface area (Å²) in [4.78, 5) is 0. The number of rotatable bonds is 0. The summed E-state index contributed by atoms with van der Waals surface area (Å²) in [6.07, 6.45) is 11.7. The molecule has 0 saturated carbocycles. The summed E-state index contributed by atoms with van der Waals surface area (Å²) in [5, 5.41) is 2.11. The molecule has 1 aromatic carbocycles. The molecule has 16 heavy (non-hydrogen) atoms. The van der Waals surface area contributed by atoms with Crippen molar-refractivity contribution in [2.75, 3.05) is 0 Å². The second kappa shape index (κ2) is 4.24. The molecule has 0 spiro atoms. The maximum atomic E-state index is 5.54. The predicted molar refractivity (Wildman–Crippen MR) is 69.6 cm³/mol. The van der Waals surface area contributed by atoms with E-state index in [-0.39, 0.29) is 0 Å². The summed E-state index contributed by atoms with van der Waals surface area (Å²) >= 11 is 0. The second-order valence-electron chi connectivity index (χ2n) is 3.85. The largest absolute Gasteiger partial charge is 0.115 e. The van der Waals surface area contributed by atoms with Gasteiger partial charge in [-0.05, 0) is 29.0 Å². The molecule has 77 valence electrons. The van der Waals surface area contributed by atoms with Gasteiger partial charge in [0, 0.05) is 12.0 Å². The lowest BCUT2D eigenvalue weighted by atomic mass is 9.92. The molecule has 0 saturated heterocycles. The van der Waals surface area contributed by atoms with Crippen molar-refractivity contribution in [3.05, 3.63) is 64.4 Å². The lowest BCUT2D eigenvalue weighted by Gasteiger charge is -2.11. The van der Waals surface area contributed by atoms with Gasteiger partial charge >= 0.3 is 0 Å². The van der Waals surface area contributed by atoms with Crippen molar-refractivity contribution in [3.63, 3.8) is 0 Å². The Hall–Kier alpha value is -2.00. The fourth-order valence-corrected chi connectivity index (χ4v) is 1.80. The second-order valence-corrected chi connectivity index (χ2v) is 3.85. The lowest BCUT2D eigenvalue weighted by molar-refractivity contribution is 1.40. The topological polar surface area (TPSA) is 0 Å². The fourth-order valence-electron chi connectivity index (χ4n) is 1.80. The Morgan fingerprint density at radius 3 is 2.69 bits per heavy atom. The Bertz CT molecular complexity index is 619. The molecule has 0 bridgehead atoms. The molecule has 0 aliphatic heterocycles. The van der Waals surface area contributed by atoms with Gasteiger partial charge in [0.2, 0.25) is 0 Å². The van der Waals surface area contributed by atoms with Gasteiger partial charge in [-0.25, -0.2) is 0 Å². The van der Waals surface area contributed by atoms with Crippen LogP contribution in [0.5, 0.6) is 0 Å². The van der Waals surface area contributed by atoms with E-state index in [1.807, 2.05) is 37.3 Å². The average Bonchev–Trinajstić information content (AvgIpc) is 2.30. The van der Waals surface area contributed by atoms with E-state index in [0.717, 1.165) is 21.6 Å². The monoisotopic (exact) mass is 205 g/mol. The zero-order chi connectivity index (χ0) is 11.5. The Morgan fingerprint density at radius 2 is 2.00 bits per heavy atom. The highest BCUT2D eigenvalue weighted by Crippen LogP contribution is 2.21. The third-order valence-electron chi connectivity index (χ3n) is 2.64. The van der Waals surface area contributed by atoms with Crippen molar-refractivity contribution in [1.29, 1.82) is 0 Å². The molecule has 0 heterocycles. The number of terminal acetylenes is 1. The van der Waals surface area contributed by atoms with Crippen LogP contribution in [0.4, 0.5) is 0 Å². The summed E-state index contributed by atoms with van der Waals surface area (Å²) in [7, 11) is 0. The van der Waals surface area contributed by atoms with Crippen molar-refractivity contribution in [1.82, 2.24) is 0 Å². The highest BCUT2D eigenvalue weighted by molar-refractivity contribution is 5.80. The SMILES string of the molecule is C#CC1=CC(C)=C[CH]/C1=c1\ccccc1=C. The summed E-state index contributed by atoms with van der Waals surface area (Å²) in [5.41, 5.74) is 3.19. The van der Waals surface area contributed by atoms with Gasteiger partial charge in [-0.1, -0.05) is 48.4 Å². The average molecular weight is 205 g/mol. The third kappa shape index (κ3) is 1.85. The van der Waals surface area contributed by atoms with Gasteiger partial charge in [-0.15, -0.1) is 6.42 Å². The van der Waals surface area contributed by atoms with E-state index < -0.39 is 0 Å². The first-order chi connectivity index (χ1) is 7.72. The van der Waals surface area contributed by atoms with Crippen LogP contribution in [0.1, 0.15) is 6.92 Å². The van der Waals surface area contributed by atoms with Crippen LogP contribution in [-0.2, 0) is 0 Å². The Morgan fingerprint density at radius 1 is 1.25 bits per heavy atom. The molecule has 2 rings (SSSR count). The van der Waals surface area contributed by atoms with Crippen LogP contribution in [0.25, 0.3) is 12.2 Å². The standard InChI is InChI=1S/C16H13/c1-4-14-11-12(2)9-10-16(14)15-8-6-5-7-13(15)3/h1,5-11H,3H2,2H3/b16-15-. The molecule has 1 aromatic rings. The van der Waals surface area contributed by atoms with Crippen LogP contribution >= 0.6 is 0 Å². The summed E-state index contributed by atoms with van der Waals surface area (Å²) in [5.74, 6) is 2.73. The fraction of sp³-hybridized carbons (Fsp3) is 0.0625. The molecule has 0 atom stereocenters. The molecular weight excluding hydrogens is 192 g/mol. The third-order valence-corrected chi connectivity index (χ3v) is 2.64. The van der Waals surface area contributed by atoms with Crippen LogP contribution in [0.2, 0.25) is 0 Å². The maximum Gasteiger partial charge on any atom is 0.0289 e. The number of hydrogen-bond donors (Lipinski definition) is 0. The lowest BCUT2D eigenvalue weighted by Crippen LogP contribution is -2.26. The van der Waals surface area contributed by atoms with Crippen molar-refractivity contribution in [2.45, 2.75) is 6.92 Å². The zero-order valence-corrected chi connectivity index (χ0v) is 9.33. The molecule has 0 aromatic heterocycles. The van der Waals surface area contributed by atoms with E-state index in [2.05, 4.69) is 25.0 Å². The first kappa shape index (κ1) is 10.5. The smallest absolute Gasteiger partial charge is 0.0289 e. The maximum absolute atomic E-state index is 5.54. The first-order valence-electron chi connectivity index (χ1n) is 5.21. The highest BCUT2D eigenvalue weighted by Gasteiger charge is 2.08. The summed E-state index contributed by atoms with van der Waals surface area (Å²) < 4.78 is 0. The van der Waals surface area contributed by atoms with E-state index in [1.165, 1.54) is 5.57 Å². The minimum atomic E-state index is 0.927. The highest BCUT2D eigenvalue weighted by atomic mass is 14.1. The van der Waals surface area contributed by atoms with E-state index in [9.17, 15) is 0 Å². The minimum absolute atomic E-state index is 0.927. The number of allylic oxidation sites excluding steroid dienone is 4. The van der Waals surface area contributed by atoms with E-state index in [1.54, 1.807) is 0 Å². The van der Waals surface area contributed by atoms with E-state index in [0.29, 0.717) is 0 Å². The Balaban J connectivity index is 2.74. The van der Waals surface area contributed by atoms with Crippen molar-refractivity contribution < 1.29 is 0 Å².